The summed E-state index contributed by atoms with van der Waals surface area (Å²) in [5.74, 6) is 3.18. The first-order valence-electron chi connectivity index (χ1n) is 5.57. The fourth-order valence-electron chi connectivity index (χ4n) is 1.78. The lowest BCUT2D eigenvalue weighted by molar-refractivity contribution is 0.341. The van der Waals surface area contributed by atoms with Gasteiger partial charge in [-0.2, -0.15) is 11.8 Å². The zero-order valence-electron chi connectivity index (χ0n) is 9.33. The monoisotopic (exact) mass is 257 g/mol. The lowest BCUT2D eigenvalue weighted by atomic mass is 10.2. The van der Waals surface area contributed by atoms with E-state index in [1.165, 1.54) is 12.2 Å². The van der Waals surface area contributed by atoms with Crippen LogP contribution in [0.15, 0.2) is 18.2 Å². The fourth-order valence-corrected chi connectivity index (χ4v) is 3.16. The van der Waals surface area contributed by atoms with Gasteiger partial charge in [-0.15, -0.1) is 0 Å². The minimum Gasteiger partial charge on any atom is -0.490 e. The Morgan fingerprint density at radius 1 is 1.56 bits per heavy atom. The van der Waals surface area contributed by atoms with Crippen molar-refractivity contribution in [1.29, 1.82) is 0 Å². The van der Waals surface area contributed by atoms with Crippen molar-refractivity contribution < 1.29 is 4.74 Å². The number of hydrogen-bond acceptors (Lipinski definition) is 3. The van der Waals surface area contributed by atoms with Crippen molar-refractivity contribution in [3.63, 3.8) is 0 Å². The highest BCUT2D eigenvalue weighted by Gasteiger charge is 2.17. The van der Waals surface area contributed by atoms with Crippen LogP contribution in [0.1, 0.15) is 13.3 Å². The average Bonchev–Trinajstić information content (AvgIpc) is 2.76. The van der Waals surface area contributed by atoms with Gasteiger partial charge in [0.2, 0.25) is 0 Å². The van der Waals surface area contributed by atoms with Crippen LogP contribution in [0.3, 0.4) is 0 Å². The van der Waals surface area contributed by atoms with Crippen LogP contribution >= 0.6 is 23.4 Å². The summed E-state index contributed by atoms with van der Waals surface area (Å²) in [5, 5.41) is 4.18. The van der Waals surface area contributed by atoms with Crippen LogP contribution in [0.4, 0.5) is 5.69 Å². The molecule has 1 aromatic carbocycles. The molecule has 1 aliphatic heterocycles. The Kier molecular flexibility index (Phi) is 4.24. The number of anilines is 1. The van der Waals surface area contributed by atoms with Crippen molar-refractivity contribution in [2.45, 2.75) is 19.4 Å². The van der Waals surface area contributed by atoms with Crippen molar-refractivity contribution in [2.75, 3.05) is 23.4 Å². The number of thioether (sulfide) groups is 1. The number of rotatable bonds is 4. The summed E-state index contributed by atoms with van der Waals surface area (Å²) < 4.78 is 5.58. The summed E-state index contributed by atoms with van der Waals surface area (Å²) in [6.07, 6.45) is 1.21. The third kappa shape index (κ3) is 2.77. The average molecular weight is 258 g/mol. The highest BCUT2D eigenvalue weighted by Crippen LogP contribution is 2.34. The van der Waals surface area contributed by atoms with Gasteiger partial charge in [0.25, 0.3) is 0 Å². The second kappa shape index (κ2) is 5.69. The highest BCUT2D eigenvalue weighted by atomic mass is 35.5. The molecule has 0 amide bonds. The van der Waals surface area contributed by atoms with Crippen molar-refractivity contribution in [3.8, 4) is 5.75 Å². The smallest absolute Gasteiger partial charge is 0.160 e. The molecule has 1 N–H and O–H groups in total. The lowest BCUT2D eigenvalue weighted by Gasteiger charge is -2.17. The Bertz CT molecular complexity index is 353. The molecule has 1 unspecified atom stereocenters. The van der Waals surface area contributed by atoms with Crippen LogP contribution in [0.5, 0.6) is 5.75 Å². The summed E-state index contributed by atoms with van der Waals surface area (Å²) in [6.45, 7) is 2.61. The Morgan fingerprint density at radius 3 is 3.12 bits per heavy atom. The van der Waals surface area contributed by atoms with Crippen LogP contribution in [0.25, 0.3) is 0 Å². The first-order chi connectivity index (χ1) is 7.81. The van der Waals surface area contributed by atoms with E-state index in [1.54, 1.807) is 0 Å². The molecule has 2 nitrogen and oxygen atoms in total. The minimum absolute atomic E-state index is 0.544. The van der Waals surface area contributed by atoms with Gasteiger partial charge in [-0.1, -0.05) is 17.7 Å². The number of hydrogen-bond donors (Lipinski definition) is 1. The zero-order valence-corrected chi connectivity index (χ0v) is 10.9. The van der Waals surface area contributed by atoms with Gasteiger partial charge in [0.05, 0.1) is 17.3 Å². The second-order valence-corrected chi connectivity index (χ2v) is 5.31. The van der Waals surface area contributed by atoms with Crippen LogP contribution < -0.4 is 10.1 Å². The van der Waals surface area contributed by atoms with E-state index in [2.05, 4.69) is 5.32 Å². The van der Waals surface area contributed by atoms with E-state index in [0.29, 0.717) is 17.7 Å². The Morgan fingerprint density at radius 2 is 2.44 bits per heavy atom. The maximum absolute atomic E-state index is 6.12. The maximum Gasteiger partial charge on any atom is 0.160 e. The van der Waals surface area contributed by atoms with Gasteiger partial charge < -0.3 is 10.1 Å². The molecule has 2 rings (SSSR count). The first kappa shape index (κ1) is 11.9. The van der Waals surface area contributed by atoms with Gasteiger partial charge in [0.1, 0.15) is 0 Å². The molecule has 1 heterocycles. The Balaban J connectivity index is 2.14. The molecule has 88 valence electrons. The molecule has 1 fully saturated rings. The van der Waals surface area contributed by atoms with Crippen molar-refractivity contribution in [1.82, 2.24) is 0 Å². The summed E-state index contributed by atoms with van der Waals surface area (Å²) in [6, 6.07) is 6.39. The molecule has 0 spiro atoms. The molecule has 0 radical (unpaired) electrons. The van der Waals surface area contributed by atoms with Crippen molar-refractivity contribution in [3.05, 3.63) is 23.2 Å². The molecule has 0 bridgehead atoms. The maximum atomic E-state index is 6.12. The molecule has 0 aromatic heterocycles. The van der Waals surface area contributed by atoms with E-state index in [4.69, 9.17) is 16.3 Å². The van der Waals surface area contributed by atoms with Crippen molar-refractivity contribution >= 4 is 29.1 Å². The quantitative estimate of drug-likeness (QED) is 0.890. The summed E-state index contributed by atoms with van der Waals surface area (Å²) >= 11 is 8.11. The highest BCUT2D eigenvalue weighted by molar-refractivity contribution is 7.99. The van der Waals surface area contributed by atoms with Crippen LogP contribution in [-0.4, -0.2) is 24.2 Å². The normalized spacial score (nSPS) is 19.8. The molecule has 0 saturated carbocycles. The third-order valence-corrected chi connectivity index (χ3v) is 4.01. The lowest BCUT2D eigenvalue weighted by Crippen LogP contribution is -2.18. The van der Waals surface area contributed by atoms with Gasteiger partial charge in [-0.05, 0) is 31.2 Å². The number of para-hydroxylation sites is 1. The van der Waals surface area contributed by atoms with Crippen LogP contribution in [0, 0.1) is 0 Å². The molecule has 1 atom stereocenters. The summed E-state index contributed by atoms with van der Waals surface area (Å²) in [5.41, 5.74) is 1.02. The van der Waals surface area contributed by atoms with Crippen molar-refractivity contribution in [2.24, 2.45) is 0 Å². The molecular weight excluding hydrogens is 242 g/mol. The zero-order chi connectivity index (χ0) is 11.4. The van der Waals surface area contributed by atoms with Crippen LogP contribution in [-0.2, 0) is 0 Å². The molecular formula is C12H16ClNOS. The van der Waals surface area contributed by atoms with E-state index >= 15 is 0 Å². The second-order valence-electron chi connectivity index (χ2n) is 3.75. The van der Waals surface area contributed by atoms with Gasteiger partial charge in [0.15, 0.2) is 5.75 Å². The van der Waals surface area contributed by atoms with E-state index in [1.807, 2.05) is 36.9 Å². The first-order valence-corrected chi connectivity index (χ1v) is 7.10. The molecule has 4 heteroatoms. The summed E-state index contributed by atoms with van der Waals surface area (Å²) in [7, 11) is 0. The topological polar surface area (TPSA) is 21.3 Å². The van der Waals surface area contributed by atoms with Crippen LogP contribution in [0.2, 0.25) is 5.02 Å². The molecule has 1 saturated heterocycles. The van der Waals surface area contributed by atoms with Gasteiger partial charge >= 0.3 is 0 Å². The minimum atomic E-state index is 0.544. The SMILES string of the molecule is CCOc1c(Cl)cccc1NC1CCSC1. The van der Waals surface area contributed by atoms with E-state index in [-0.39, 0.29) is 0 Å². The number of ether oxygens (including phenoxy) is 1. The van der Waals surface area contributed by atoms with Gasteiger partial charge in [0, 0.05) is 11.8 Å². The molecule has 16 heavy (non-hydrogen) atoms. The van der Waals surface area contributed by atoms with E-state index < -0.39 is 0 Å². The molecule has 1 aliphatic rings. The predicted octanol–water partition coefficient (Wildman–Crippen LogP) is 3.66. The fraction of sp³-hybridized carbons (Fsp3) is 0.500. The third-order valence-electron chi connectivity index (χ3n) is 2.54. The number of nitrogens with one attached hydrogen (secondary N) is 1. The number of halogens is 1. The van der Waals surface area contributed by atoms with Gasteiger partial charge in [-0.3, -0.25) is 0 Å². The predicted molar refractivity (Wildman–Crippen MR) is 72.0 cm³/mol. The largest absolute Gasteiger partial charge is 0.490 e. The van der Waals surface area contributed by atoms with Gasteiger partial charge in [-0.25, -0.2) is 0 Å². The standard InChI is InChI=1S/C12H16ClNOS/c1-2-15-12-10(13)4-3-5-11(12)14-9-6-7-16-8-9/h3-5,9,14H,2,6-8H2,1H3. The number of benzene rings is 1. The molecule has 0 aliphatic carbocycles. The van der Waals surface area contributed by atoms with E-state index in [0.717, 1.165) is 17.2 Å². The van der Waals surface area contributed by atoms with E-state index in [9.17, 15) is 0 Å². The Hall–Kier alpha value is -0.540. The molecule has 1 aromatic rings. The summed E-state index contributed by atoms with van der Waals surface area (Å²) in [4.78, 5) is 0. The Labute approximate surface area is 106 Å².